The molecule has 0 saturated heterocycles. The number of rotatable bonds is 1. The molecule has 4 atom stereocenters. The van der Waals surface area contributed by atoms with E-state index in [0.29, 0.717) is 16.5 Å². The van der Waals surface area contributed by atoms with Crippen molar-refractivity contribution in [1.29, 1.82) is 21.2 Å². The summed E-state index contributed by atoms with van der Waals surface area (Å²) < 4.78 is 0. The van der Waals surface area contributed by atoms with Crippen molar-refractivity contribution in [3.8, 4) is 18.2 Å². The van der Waals surface area contributed by atoms with Crippen LogP contribution in [-0.4, -0.2) is 5.71 Å². The Morgan fingerprint density at radius 3 is 2.48 bits per heavy atom. The minimum absolute atomic E-state index is 0.123. The van der Waals surface area contributed by atoms with E-state index in [9.17, 15) is 15.8 Å². The first-order chi connectivity index (χ1) is 12.0. The van der Waals surface area contributed by atoms with Gasteiger partial charge in [-0.25, -0.2) is 0 Å². The van der Waals surface area contributed by atoms with E-state index in [2.05, 4.69) is 13.0 Å². The van der Waals surface area contributed by atoms with Gasteiger partial charge in [0.2, 0.25) is 5.41 Å². The lowest BCUT2D eigenvalue weighted by atomic mass is 9.53. The maximum absolute atomic E-state index is 9.79. The van der Waals surface area contributed by atoms with Crippen LogP contribution < -0.4 is 0 Å². The highest BCUT2D eigenvalue weighted by molar-refractivity contribution is 6.31. The molecule has 1 N–H and O–H groups in total. The number of nitrogens with one attached hydrogen (secondary N) is 1. The number of halogens is 1. The molecule has 1 fully saturated rings. The first kappa shape index (κ1) is 17.2. The fourth-order valence-electron chi connectivity index (χ4n) is 4.27. The average molecular weight is 349 g/mol. The van der Waals surface area contributed by atoms with Crippen LogP contribution >= 0.6 is 11.6 Å². The van der Waals surface area contributed by atoms with E-state index in [1.165, 1.54) is 0 Å². The average Bonchev–Trinajstić information content (AvgIpc) is 2.62. The predicted octanol–water partition coefficient (Wildman–Crippen LogP) is 4.60. The Balaban J connectivity index is 2.26. The van der Waals surface area contributed by atoms with E-state index >= 15 is 0 Å². The lowest BCUT2D eigenvalue weighted by Crippen LogP contribution is -2.48. The molecule has 0 aromatic heterocycles. The van der Waals surface area contributed by atoms with E-state index in [1.807, 2.05) is 36.4 Å². The van der Waals surface area contributed by atoms with Crippen molar-refractivity contribution in [2.24, 2.45) is 23.2 Å². The number of fused-ring (bicyclic) bond motifs is 1. The van der Waals surface area contributed by atoms with Crippen molar-refractivity contribution < 1.29 is 0 Å². The molecule has 25 heavy (non-hydrogen) atoms. The van der Waals surface area contributed by atoms with Gasteiger partial charge in [-0.05, 0) is 41.9 Å². The van der Waals surface area contributed by atoms with Gasteiger partial charge in [-0.2, -0.15) is 15.8 Å². The third kappa shape index (κ3) is 2.44. The number of hydrogen-bond donors (Lipinski definition) is 1. The molecule has 1 aromatic rings. The highest BCUT2D eigenvalue weighted by atomic mass is 35.5. The Hall–Kier alpha value is -2.61. The molecule has 0 unspecified atom stereocenters. The van der Waals surface area contributed by atoms with E-state index in [4.69, 9.17) is 17.0 Å². The molecule has 2 aliphatic carbocycles. The van der Waals surface area contributed by atoms with E-state index in [0.717, 1.165) is 18.4 Å². The molecule has 0 aliphatic heterocycles. The van der Waals surface area contributed by atoms with Crippen molar-refractivity contribution in [3.63, 3.8) is 0 Å². The fourth-order valence-corrected chi connectivity index (χ4v) is 4.53. The smallest absolute Gasteiger partial charge is 0.203 e. The maximum atomic E-state index is 9.79. The van der Waals surface area contributed by atoms with Crippen LogP contribution in [-0.2, 0) is 0 Å². The monoisotopic (exact) mass is 348 g/mol. The van der Waals surface area contributed by atoms with Crippen LogP contribution in [0.2, 0.25) is 5.02 Å². The van der Waals surface area contributed by atoms with Gasteiger partial charge in [-0.15, -0.1) is 0 Å². The van der Waals surface area contributed by atoms with Gasteiger partial charge < -0.3 is 5.41 Å². The van der Waals surface area contributed by atoms with E-state index in [1.54, 1.807) is 6.07 Å². The summed E-state index contributed by atoms with van der Waals surface area (Å²) >= 11 is 6.40. The van der Waals surface area contributed by atoms with Crippen LogP contribution in [0.25, 0.3) is 0 Å². The molecule has 0 spiro atoms. The van der Waals surface area contributed by atoms with E-state index < -0.39 is 11.3 Å². The summed E-state index contributed by atoms with van der Waals surface area (Å²) in [5.41, 5.74) is -0.267. The first-order valence-electron chi connectivity index (χ1n) is 8.26. The minimum atomic E-state index is -1.64. The van der Waals surface area contributed by atoms with Gasteiger partial charge in [0, 0.05) is 10.9 Å². The lowest BCUT2D eigenvalue weighted by molar-refractivity contribution is 0.299. The summed E-state index contributed by atoms with van der Waals surface area (Å²) in [7, 11) is 0. The zero-order valence-electron chi connectivity index (χ0n) is 13.8. The SMILES string of the molecule is C[C@@H]1CC=C2[C@@H](C1)[C@H](c1ccccc1Cl)[C@H](C#N)C(=N)C2(C#N)C#N. The molecule has 0 bridgehead atoms. The van der Waals surface area contributed by atoms with Crippen LogP contribution in [0.3, 0.4) is 0 Å². The summed E-state index contributed by atoms with van der Waals surface area (Å²) in [4.78, 5) is 0. The predicted molar refractivity (Wildman–Crippen MR) is 94.7 cm³/mol. The Kier molecular flexibility index (Phi) is 4.38. The molecule has 0 amide bonds. The molecule has 4 nitrogen and oxygen atoms in total. The summed E-state index contributed by atoms with van der Waals surface area (Å²) in [5.74, 6) is -0.899. The number of allylic oxidation sites excluding steroid dienone is 2. The second-order valence-corrected chi connectivity index (χ2v) is 7.29. The van der Waals surface area contributed by atoms with Crippen LogP contribution in [0.4, 0.5) is 0 Å². The quantitative estimate of drug-likeness (QED) is 0.751. The second kappa shape index (κ2) is 6.36. The molecule has 0 heterocycles. The van der Waals surface area contributed by atoms with Crippen LogP contribution in [0.15, 0.2) is 35.9 Å². The van der Waals surface area contributed by atoms with Crippen LogP contribution in [0.5, 0.6) is 0 Å². The number of benzene rings is 1. The number of hydrogen-bond acceptors (Lipinski definition) is 4. The number of nitriles is 3. The van der Waals surface area contributed by atoms with Gasteiger partial charge in [-0.1, -0.05) is 42.8 Å². The minimum Gasteiger partial charge on any atom is -0.305 e. The lowest BCUT2D eigenvalue weighted by Gasteiger charge is -2.46. The third-order valence-corrected chi connectivity index (χ3v) is 5.82. The van der Waals surface area contributed by atoms with Gasteiger partial charge in [-0.3, -0.25) is 0 Å². The maximum Gasteiger partial charge on any atom is 0.203 e. The largest absolute Gasteiger partial charge is 0.305 e. The zero-order valence-corrected chi connectivity index (χ0v) is 14.6. The van der Waals surface area contributed by atoms with Gasteiger partial charge in [0.15, 0.2) is 0 Å². The summed E-state index contributed by atoms with van der Waals surface area (Å²) in [5, 5.41) is 38.4. The zero-order chi connectivity index (χ0) is 18.2. The summed E-state index contributed by atoms with van der Waals surface area (Å²) in [6.07, 6.45) is 3.49. The highest BCUT2D eigenvalue weighted by Gasteiger charge is 2.56. The Labute approximate surface area is 152 Å². The highest BCUT2D eigenvalue weighted by Crippen LogP contribution is 2.55. The van der Waals surface area contributed by atoms with Gasteiger partial charge >= 0.3 is 0 Å². The molecule has 5 heteroatoms. The molecule has 1 saturated carbocycles. The third-order valence-electron chi connectivity index (χ3n) is 5.48. The van der Waals surface area contributed by atoms with Crippen molar-refractivity contribution in [2.75, 3.05) is 0 Å². The molecule has 1 aromatic carbocycles. The second-order valence-electron chi connectivity index (χ2n) is 6.88. The molecular weight excluding hydrogens is 332 g/mol. The Morgan fingerprint density at radius 2 is 1.88 bits per heavy atom. The van der Waals surface area contributed by atoms with Crippen molar-refractivity contribution in [2.45, 2.75) is 25.7 Å². The van der Waals surface area contributed by atoms with Crippen molar-refractivity contribution in [1.82, 2.24) is 0 Å². The van der Waals surface area contributed by atoms with Crippen molar-refractivity contribution in [3.05, 3.63) is 46.5 Å². The van der Waals surface area contributed by atoms with Crippen LogP contribution in [0.1, 0.15) is 31.2 Å². The topological polar surface area (TPSA) is 95.2 Å². The summed E-state index contributed by atoms with van der Waals surface area (Å²) in [6.45, 7) is 2.12. The Bertz CT molecular complexity index is 866. The molecule has 3 rings (SSSR count). The van der Waals surface area contributed by atoms with Gasteiger partial charge in [0.25, 0.3) is 0 Å². The fraction of sp³-hybridized carbons (Fsp3) is 0.400. The molecule has 0 radical (unpaired) electrons. The van der Waals surface area contributed by atoms with Gasteiger partial charge in [0.05, 0.1) is 29.8 Å². The molecule has 2 aliphatic rings. The first-order valence-corrected chi connectivity index (χ1v) is 8.64. The normalized spacial score (nSPS) is 30.2. The van der Waals surface area contributed by atoms with Crippen molar-refractivity contribution >= 4 is 17.3 Å². The molecular formula is C20H17ClN4. The number of nitrogens with zero attached hydrogens (tertiary/aromatic N) is 3. The van der Waals surface area contributed by atoms with Gasteiger partial charge in [0.1, 0.15) is 0 Å². The van der Waals surface area contributed by atoms with E-state index in [-0.39, 0.29) is 17.5 Å². The molecule has 124 valence electrons. The standard InChI is InChI=1S/C20H17ClN4/c1-12-6-7-16-14(8-12)18(13-4-2-3-5-17(13)21)15(9-22)19(25)20(16,10-23)11-24/h2-5,7,12,14-15,18,25H,6,8H2,1H3/t12-,14-,15+,18+/m1/s1. The Morgan fingerprint density at radius 1 is 1.20 bits per heavy atom. The summed E-state index contributed by atoms with van der Waals surface area (Å²) in [6, 6.07) is 13.6. The van der Waals surface area contributed by atoms with Crippen LogP contribution in [0, 0.1) is 62.6 Å².